The Morgan fingerprint density at radius 2 is 1.73 bits per heavy atom. The highest BCUT2D eigenvalue weighted by Gasteiger charge is 2.07. The van der Waals surface area contributed by atoms with Crippen molar-refractivity contribution in [1.82, 2.24) is 0 Å². The highest BCUT2D eigenvalue weighted by Crippen LogP contribution is 2.16. The molecule has 2 rings (SSSR count). The van der Waals surface area contributed by atoms with E-state index in [1.807, 2.05) is 0 Å². The van der Waals surface area contributed by atoms with Crippen molar-refractivity contribution < 1.29 is 9.59 Å². The van der Waals surface area contributed by atoms with Crippen LogP contribution in [-0.2, 0) is 11.2 Å². The molecule has 0 atom stereocenters. The van der Waals surface area contributed by atoms with Gasteiger partial charge >= 0.3 is 0 Å². The van der Waals surface area contributed by atoms with Gasteiger partial charge in [-0.25, -0.2) is 0 Å². The van der Waals surface area contributed by atoms with Crippen molar-refractivity contribution >= 4 is 23.2 Å². The smallest absolute Gasteiger partial charge is 0.255 e. The molecule has 0 unspecified atom stereocenters. The van der Waals surface area contributed by atoms with Gasteiger partial charge in [0.2, 0.25) is 5.91 Å². The fourth-order valence-corrected chi connectivity index (χ4v) is 2.00. The van der Waals surface area contributed by atoms with E-state index in [1.54, 1.807) is 48.5 Å². The average Bonchev–Trinajstić information content (AvgIpc) is 2.47. The van der Waals surface area contributed by atoms with Gasteiger partial charge in [0, 0.05) is 23.9 Å². The number of hydrogen-bond donors (Lipinski definition) is 2. The molecule has 0 aliphatic carbocycles. The maximum atomic E-state index is 12.2. The number of nitrogens with zero attached hydrogens (tertiary/aromatic N) is 1. The van der Waals surface area contributed by atoms with E-state index in [-0.39, 0.29) is 18.2 Å². The van der Waals surface area contributed by atoms with Crippen LogP contribution in [0.25, 0.3) is 0 Å². The molecule has 0 aliphatic heterocycles. The Morgan fingerprint density at radius 1 is 1.05 bits per heavy atom. The third-order valence-corrected chi connectivity index (χ3v) is 2.91. The van der Waals surface area contributed by atoms with Crippen molar-refractivity contribution in [3.63, 3.8) is 0 Å². The third kappa shape index (κ3) is 4.18. The molecule has 110 valence electrons. The Balaban J connectivity index is 2.13. The van der Waals surface area contributed by atoms with Gasteiger partial charge in [0.05, 0.1) is 12.5 Å². The Hall–Kier alpha value is -3.13. The molecule has 0 saturated carbocycles. The summed E-state index contributed by atoms with van der Waals surface area (Å²) in [7, 11) is 0. The summed E-state index contributed by atoms with van der Waals surface area (Å²) in [5.74, 6) is -0.438. The molecule has 0 fully saturated rings. The predicted octanol–water partition coefficient (Wildman–Crippen LogP) is 2.96. The minimum Gasteiger partial charge on any atom is -0.326 e. The highest BCUT2D eigenvalue weighted by molar-refractivity contribution is 6.04. The number of nitriles is 1. The second kappa shape index (κ2) is 7.04. The lowest BCUT2D eigenvalue weighted by molar-refractivity contribution is -0.114. The van der Waals surface area contributed by atoms with E-state index in [0.29, 0.717) is 16.9 Å². The van der Waals surface area contributed by atoms with Crippen LogP contribution in [0, 0.1) is 11.3 Å². The maximum Gasteiger partial charge on any atom is 0.255 e. The zero-order valence-corrected chi connectivity index (χ0v) is 12.1. The van der Waals surface area contributed by atoms with Crippen LogP contribution in [0.15, 0.2) is 48.5 Å². The zero-order chi connectivity index (χ0) is 15.9. The molecule has 5 nitrogen and oxygen atoms in total. The van der Waals surface area contributed by atoms with Gasteiger partial charge in [0.1, 0.15) is 0 Å². The van der Waals surface area contributed by atoms with E-state index in [1.165, 1.54) is 6.92 Å². The summed E-state index contributed by atoms with van der Waals surface area (Å²) in [6.07, 6.45) is 0.263. The van der Waals surface area contributed by atoms with Crippen LogP contribution in [0.4, 0.5) is 11.4 Å². The number of rotatable bonds is 4. The SMILES string of the molecule is CC(=O)Nc1cccc(NC(=O)c2cccc(CC#N)c2)c1. The standard InChI is InChI=1S/C17H15N3O2/c1-12(21)19-15-6-3-7-16(11-15)20-17(22)14-5-2-4-13(10-14)8-9-18/h2-7,10-11H,8H2,1H3,(H,19,21)(H,20,22). The van der Waals surface area contributed by atoms with Crippen molar-refractivity contribution in [2.75, 3.05) is 10.6 Å². The molecule has 0 bridgehead atoms. The lowest BCUT2D eigenvalue weighted by Crippen LogP contribution is -2.12. The molecule has 0 aliphatic rings. The zero-order valence-electron chi connectivity index (χ0n) is 12.1. The minimum atomic E-state index is -0.264. The Kier molecular flexibility index (Phi) is 4.89. The summed E-state index contributed by atoms with van der Waals surface area (Å²) in [6, 6.07) is 15.9. The third-order valence-electron chi connectivity index (χ3n) is 2.91. The number of nitrogens with one attached hydrogen (secondary N) is 2. The first-order chi connectivity index (χ1) is 10.6. The number of carbonyl (C=O) groups is 2. The van der Waals surface area contributed by atoms with E-state index >= 15 is 0 Å². The number of hydrogen-bond acceptors (Lipinski definition) is 3. The normalized spacial score (nSPS) is 9.64. The van der Waals surface area contributed by atoms with Gasteiger partial charge < -0.3 is 10.6 Å². The van der Waals surface area contributed by atoms with Crippen LogP contribution >= 0.6 is 0 Å². The summed E-state index contributed by atoms with van der Waals surface area (Å²) in [5.41, 5.74) is 2.48. The lowest BCUT2D eigenvalue weighted by atomic mass is 10.1. The van der Waals surface area contributed by atoms with Crippen molar-refractivity contribution in [3.05, 3.63) is 59.7 Å². The monoisotopic (exact) mass is 293 g/mol. The molecule has 2 N–H and O–H groups in total. The number of amides is 2. The van der Waals surface area contributed by atoms with Crippen LogP contribution in [0.1, 0.15) is 22.8 Å². The van der Waals surface area contributed by atoms with Gasteiger partial charge in [0.25, 0.3) is 5.91 Å². The van der Waals surface area contributed by atoms with E-state index in [9.17, 15) is 9.59 Å². The van der Waals surface area contributed by atoms with Crippen molar-refractivity contribution in [2.24, 2.45) is 0 Å². The lowest BCUT2D eigenvalue weighted by Gasteiger charge is -2.08. The summed E-state index contributed by atoms with van der Waals surface area (Å²) in [5, 5.41) is 14.1. The fourth-order valence-electron chi connectivity index (χ4n) is 2.00. The summed E-state index contributed by atoms with van der Waals surface area (Å²) >= 11 is 0. The Morgan fingerprint density at radius 3 is 2.41 bits per heavy atom. The first-order valence-corrected chi connectivity index (χ1v) is 6.73. The Labute approximate surface area is 128 Å². The summed E-state index contributed by atoms with van der Waals surface area (Å²) in [4.78, 5) is 23.3. The maximum absolute atomic E-state index is 12.2. The topological polar surface area (TPSA) is 82.0 Å². The second-order valence-corrected chi connectivity index (χ2v) is 4.75. The van der Waals surface area contributed by atoms with Crippen LogP contribution in [-0.4, -0.2) is 11.8 Å². The molecular weight excluding hydrogens is 278 g/mol. The molecule has 2 aromatic carbocycles. The summed E-state index contributed by atoms with van der Waals surface area (Å²) in [6.45, 7) is 1.42. The van der Waals surface area contributed by atoms with Crippen LogP contribution in [0.3, 0.4) is 0 Å². The molecule has 22 heavy (non-hydrogen) atoms. The number of benzene rings is 2. The summed E-state index contributed by atoms with van der Waals surface area (Å²) < 4.78 is 0. The van der Waals surface area contributed by atoms with Gasteiger partial charge in [-0.15, -0.1) is 0 Å². The molecule has 2 aromatic rings. The van der Waals surface area contributed by atoms with Gasteiger partial charge in [-0.05, 0) is 35.9 Å². The molecular formula is C17H15N3O2. The van der Waals surface area contributed by atoms with Crippen LogP contribution in [0.2, 0.25) is 0 Å². The van der Waals surface area contributed by atoms with Gasteiger partial charge in [-0.1, -0.05) is 18.2 Å². The quantitative estimate of drug-likeness (QED) is 0.909. The van der Waals surface area contributed by atoms with Gasteiger partial charge in [-0.2, -0.15) is 5.26 Å². The van der Waals surface area contributed by atoms with Crippen molar-refractivity contribution in [3.8, 4) is 6.07 Å². The van der Waals surface area contributed by atoms with E-state index in [2.05, 4.69) is 16.7 Å². The number of carbonyl (C=O) groups excluding carboxylic acids is 2. The molecule has 5 heteroatoms. The first-order valence-electron chi connectivity index (χ1n) is 6.73. The van der Waals surface area contributed by atoms with Crippen molar-refractivity contribution in [1.29, 1.82) is 5.26 Å². The van der Waals surface area contributed by atoms with E-state index < -0.39 is 0 Å². The van der Waals surface area contributed by atoms with Gasteiger partial charge in [0.15, 0.2) is 0 Å². The molecule has 0 spiro atoms. The molecule has 0 saturated heterocycles. The number of anilines is 2. The molecule has 2 amide bonds. The molecule has 0 aromatic heterocycles. The van der Waals surface area contributed by atoms with Crippen molar-refractivity contribution in [2.45, 2.75) is 13.3 Å². The van der Waals surface area contributed by atoms with Crippen LogP contribution < -0.4 is 10.6 Å². The molecule has 0 radical (unpaired) electrons. The predicted molar refractivity (Wildman–Crippen MR) is 84.5 cm³/mol. The Bertz CT molecular complexity index is 748. The minimum absolute atomic E-state index is 0.173. The largest absolute Gasteiger partial charge is 0.326 e. The van der Waals surface area contributed by atoms with E-state index in [4.69, 9.17) is 5.26 Å². The van der Waals surface area contributed by atoms with Gasteiger partial charge in [-0.3, -0.25) is 9.59 Å². The van der Waals surface area contributed by atoms with Crippen LogP contribution in [0.5, 0.6) is 0 Å². The average molecular weight is 293 g/mol. The highest BCUT2D eigenvalue weighted by atomic mass is 16.2. The fraction of sp³-hybridized carbons (Fsp3) is 0.118. The second-order valence-electron chi connectivity index (χ2n) is 4.75. The molecule has 0 heterocycles. The van der Waals surface area contributed by atoms with E-state index in [0.717, 1.165) is 5.56 Å². The first kappa shape index (κ1) is 15.3.